The minimum atomic E-state index is -0.749. The summed E-state index contributed by atoms with van der Waals surface area (Å²) >= 11 is 6.81. The van der Waals surface area contributed by atoms with Gasteiger partial charge in [0.05, 0.1) is 29.6 Å². The molecule has 1 N–H and O–H groups in total. The molecule has 214 valence electrons. The van der Waals surface area contributed by atoms with Gasteiger partial charge in [-0.1, -0.05) is 24.2 Å². The molecule has 41 heavy (non-hydrogen) atoms. The molecule has 12 heteroatoms. The predicted molar refractivity (Wildman–Crippen MR) is 151 cm³/mol. The van der Waals surface area contributed by atoms with Gasteiger partial charge in [0.1, 0.15) is 40.3 Å². The smallest absolute Gasteiger partial charge is 0.261 e. The molecule has 5 rings (SSSR count). The standard InChI is InChI=1S/C29H29ClFN5O5/c1-5-21(38)35-11-12-36-17(13-35)14-41-27-23(29(36)39)28(34(3)26-16(2)9-10-32-19(26)15-40-4)33-25(24(27)30)22-18(31)7-6-8-20(22)37/h5-10,17,37H,1,11-15H2,2-4H3. The molecule has 2 aromatic heterocycles. The van der Waals surface area contributed by atoms with E-state index in [1.165, 1.54) is 24.3 Å². The lowest BCUT2D eigenvalue weighted by molar-refractivity contribution is -0.128. The molecule has 3 aromatic rings. The van der Waals surface area contributed by atoms with Gasteiger partial charge >= 0.3 is 0 Å². The van der Waals surface area contributed by atoms with Crippen LogP contribution >= 0.6 is 11.6 Å². The summed E-state index contributed by atoms with van der Waals surface area (Å²) < 4.78 is 26.7. The number of piperazine rings is 1. The minimum absolute atomic E-state index is 0.0111. The van der Waals surface area contributed by atoms with Gasteiger partial charge in [0.2, 0.25) is 5.91 Å². The second-order valence-corrected chi connectivity index (χ2v) is 10.2. The van der Waals surface area contributed by atoms with Gasteiger partial charge in [-0.2, -0.15) is 0 Å². The van der Waals surface area contributed by atoms with Crippen molar-refractivity contribution in [2.45, 2.75) is 19.6 Å². The molecule has 0 bridgehead atoms. The number of hydrogen-bond donors (Lipinski definition) is 1. The summed E-state index contributed by atoms with van der Waals surface area (Å²) in [5, 5.41) is 10.5. The largest absolute Gasteiger partial charge is 0.507 e. The Kier molecular flexibility index (Phi) is 7.83. The Morgan fingerprint density at radius 2 is 2.12 bits per heavy atom. The van der Waals surface area contributed by atoms with Crippen molar-refractivity contribution in [2.24, 2.45) is 0 Å². The number of aryl methyl sites for hydroxylation is 1. The monoisotopic (exact) mass is 581 g/mol. The van der Waals surface area contributed by atoms with Gasteiger partial charge in [0.15, 0.2) is 5.75 Å². The Balaban J connectivity index is 1.73. The number of phenols is 1. The first-order chi connectivity index (χ1) is 19.7. The van der Waals surface area contributed by atoms with Crippen LogP contribution in [0.5, 0.6) is 11.5 Å². The molecule has 0 radical (unpaired) electrons. The van der Waals surface area contributed by atoms with E-state index in [1.54, 1.807) is 35.1 Å². The van der Waals surface area contributed by atoms with Gasteiger partial charge in [-0.25, -0.2) is 9.37 Å². The molecule has 0 aliphatic carbocycles. The van der Waals surface area contributed by atoms with Crippen LogP contribution in [0.4, 0.5) is 15.9 Å². The quantitative estimate of drug-likeness (QED) is 0.434. The average molecular weight is 582 g/mol. The molecule has 1 aromatic carbocycles. The molecule has 2 aliphatic heterocycles. The third kappa shape index (κ3) is 4.95. The first-order valence-electron chi connectivity index (χ1n) is 12.9. The molecular formula is C29H29ClFN5O5. The van der Waals surface area contributed by atoms with Crippen LogP contribution in [0.2, 0.25) is 5.02 Å². The first kappa shape index (κ1) is 28.3. The highest BCUT2D eigenvalue weighted by Gasteiger charge is 2.41. The zero-order valence-corrected chi connectivity index (χ0v) is 23.6. The van der Waals surface area contributed by atoms with Crippen molar-refractivity contribution in [3.63, 3.8) is 0 Å². The average Bonchev–Trinajstić information content (AvgIpc) is 3.10. The lowest BCUT2D eigenvalue weighted by Crippen LogP contribution is -2.57. The van der Waals surface area contributed by atoms with Crippen molar-refractivity contribution in [1.29, 1.82) is 0 Å². The van der Waals surface area contributed by atoms with Gasteiger partial charge in [0.25, 0.3) is 5.91 Å². The predicted octanol–water partition coefficient (Wildman–Crippen LogP) is 4.10. The van der Waals surface area contributed by atoms with E-state index < -0.39 is 17.8 Å². The second kappa shape index (κ2) is 11.3. The maximum absolute atomic E-state index is 15.1. The molecule has 1 fully saturated rings. The number of aromatic hydroxyl groups is 1. The Hall–Kier alpha value is -4.22. The van der Waals surface area contributed by atoms with Crippen LogP contribution < -0.4 is 9.64 Å². The van der Waals surface area contributed by atoms with Crippen molar-refractivity contribution >= 4 is 34.9 Å². The third-order valence-electron chi connectivity index (χ3n) is 7.30. The number of anilines is 2. The van der Waals surface area contributed by atoms with Crippen LogP contribution in [0.15, 0.2) is 43.1 Å². The van der Waals surface area contributed by atoms with E-state index in [4.69, 9.17) is 26.1 Å². The number of benzene rings is 1. The number of methoxy groups -OCH3 is 1. The van der Waals surface area contributed by atoms with Crippen molar-refractivity contribution < 1.29 is 28.6 Å². The zero-order chi connectivity index (χ0) is 29.4. The number of pyridine rings is 2. The van der Waals surface area contributed by atoms with Crippen molar-refractivity contribution in [2.75, 3.05) is 45.3 Å². The third-order valence-corrected chi connectivity index (χ3v) is 7.65. The molecule has 2 aliphatic rings. The number of nitrogens with zero attached hydrogens (tertiary/aromatic N) is 5. The molecule has 1 saturated heterocycles. The summed E-state index contributed by atoms with van der Waals surface area (Å²) in [6.07, 6.45) is 2.89. The van der Waals surface area contributed by atoms with Crippen molar-refractivity contribution in [3.05, 3.63) is 70.8 Å². The Morgan fingerprint density at radius 3 is 2.83 bits per heavy atom. The number of ether oxygens (including phenoxy) is 2. The number of fused-ring (bicyclic) bond motifs is 2. The van der Waals surface area contributed by atoms with Crippen LogP contribution in [-0.2, 0) is 16.1 Å². The summed E-state index contributed by atoms with van der Waals surface area (Å²) in [6, 6.07) is 5.21. The lowest BCUT2D eigenvalue weighted by atomic mass is 10.0. The molecule has 1 atom stereocenters. The summed E-state index contributed by atoms with van der Waals surface area (Å²) in [6.45, 7) is 6.46. The topological polar surface area (TPSA) is 108 Å². The van der Waals surface area contributed by atoms with Crippen LogP contribution in [-0.4, -0.2) is 83.1 Å². The number of halogens is 2. The van der Waals surface area contributed by atoms with Crippen LogP contribution in [0.1, 0.15) is 21.6 Å². The molecule has 10 nitrogen and oxygen atoms in total. The van der Waals surface area contributed by atoms with E-state index in [0.717, 1.165) is 5.56 Å². The normalized spacial score (nSPS) is 16.4. The van der Waals surface area contributed by atoms with Crippen molar-refractivity contribution in [1.82, 2.24) is 19.8 Å². The molecule has 1 unspecified atom stereocenters. The maximum atomic E-state index is 15.1. The fourth-order valence-corrected chi connectivity index (χ4v) is 5.63. The van der Waals surface area contributed by atoms with Gasteiger partial charge in [-0.3, -0.25) is 14.6 Å². The highest BCUT2D eigenvalue weighted by Crippen LogP contribution is 2.47. The fraction of sp³-hybridized carbons (Fsp3) is 0.310. The van der Waals surface area contributed by atoms with E-state index in [2.05, 4.69) is 11.6 Å². The fourth-order valence-electron chi connectivity index (χ4n) is 5.34. The zero-order valence-electron chi connectivity index (χ0n) is 22.9. The Labute approximate surface area is 241 Å². The summed E-state index contributed by atoms with van der Waals surface area (Å²) in [7, 11) is 3.26. The highest BCUT2D eigenvalue weighted by molar-refractivity contribution is 6.35. The Bertz CT molecular complexity index is 1530. The summed E-state index contributed by atoms with van der Waals surface area (Å²) in [4.78, 5) is 40.6. The number of carbonyl (C=O) groups is 2. The van der Waals surface area contributed by atoms with Gasteiger partial charge < -0.3 is 29.3 Å². The number of phenolic OH excluding ortho intramolecular Hbond substituents is 1. The highest BCUT2D eigenvalue weighted by atomic mass is 35.5. The van der Waals surface area contributed by atoms with Crippen LogP contribution in [0.25, 0.3) is 11.3 Å². The Morgan fingerprint density at radius 1 is 1.34 bits per heavy atom. The van der Waals surface area contributed by atoms with E-state index in [9.17, 15) is 14.7 Å². The summed E-state index contributed by atoms with van der Waals surface area (Å²) in [5.74, 6) is -1.62. The molecule has 2 amide bonds. The van der Waals surface area contributed by atoms with E-state index in [-0.39, 0.29) is 71.4 Å². The van der Waals surface area contributed by atoms with E-state index in [0.29, 0.717) is 17.9 Å². The SMILES string of the molecule is C=CC(=O)N1CCN2C(=O)c3c(N(C)c4c(C)ccnc4COC)nc(-c4c(O)cccc4F)c(Cl)c3OCC2C1. The lowest BCUT2D eigenvalue weighted by Gasteiger charge is -2.39. The number of rotatable bonds is 6. The number of hydrogen-bond acceptors (Lipinski definition) is 8. The molecule has 0 saturated carbocycles. The molecule has 4 heterocycles. The van der Waals surface area contributed by atoms with E-state index >= 15 is 4.39 Å². The number of amides is 2. The van der Waals surface area contributed by atoms with Gasteiger partial charge in [-0.05, 0) is 36.8 Å². The molecular weight excluding hydrogens is 553 g/mol. The van der Waals surface area contributed by atoms with Gasteiger partial charge in [-0.15, -0.1) is 0 Å². The minimum Gasteiger partial charge on any atom is -0.507 e. The van der Waals surface area contributed by atoms with Gasteiger partial charge in [0, 0.05) is 40.0 Å². The second-order valence-electron chi connectivity index (χ2n) is 9.80. The van der Waals surface area contributed by atoms with E-state index in [1.807, 2.05) is 13.0 Å². The number of aromatic nitrogens is 2. The van der Waals surface area contributed by atoms with Crippen LogP contribution in [0.3, 0.4) is 0 Å². The first-order valence-corrected chi connectivity index (χ1v) is 13.3. The maximum Gasteiger partial charge on any atom is 0.261 e. The summed E-state index contributed by atoms with van der Waals surface area (Å²) in [5.41, 5.74) is 1.81. The van der Waals surface area contributed by atoms with Crippen molar-refractivity contribution in [3.8, 4) is 22.8 Å². The number of carbonyl (C=O) groups excluding carboxylic acids is 2. The van der Waals surface area contributed by atoms with Crippen LogP contribution in [0, 0.1) is 12.7 Å². The molecule has 0 spiro atoms.